The van der Waals surface area contributed by atoms with Crippen LogP contribution in [0.2, 0.25) is 0 Å². The monoisotopic (exact) mass is 315 g/mol. The number of aromatic amines is 1. The SMILES string of the molecule is CCC(CC)(CNCc1cn[nH]c1-c1cccc(C)c1)C(=O)O. The summed E-state index contributed by atoms with van der Waals surface area (Å²) in [4.78, 5) is 11.5. The number of carbonyl (C=O) groups is 1. The molecule has 2 aromatic rings. The predicted octanol–water partition coefficient (Wildman–Crippen LogP) is 3.37. The van der Waals surface area contributed by atoms with Crippen LogP contribution >= 0.6 is 0 Å². The number of aryl methyl sites for hydroxylation is 1. The molecule has 1 aromatic carbocycles. The lowest BCUT2D eigenvalue weighted by Gasteiger charge is -2.27. The Labute approximate surface area is 137 Å². The van der Waals surface area contributed by atoms with E-state index in [-0.39, 0.29) is 0 Å². The molecule has 1 aromatic heterocycles. The van der Waals surface area contributed by atoms with Crippen molar-refractivity contribution >= 4 is 5.97 Å². The molecule has 0 spiro atoms. The number of hydrogen-bond donors (Lipinski definition) is 3. The van der Waals surface area contributed by atoms with Gasteiger partial charge in [-0.25, -0.2) is 0 Å². The Morgan fingerprint density at radius 1 is 1.35 bits per heavy atom. The van der Waals surface area contributed by atoms with Gasteiger partial charge in [0.1, 0.15) is 0 Å². The van der Waals surface area contributed by atoms with E-state index in [1.165, 1.54) is 5.56 Å². The van der Waals surface area contributed by atoms with Crippen LogP contribution in [-0.4, -0.2) is 27.8 Å². The quantitative estimate of drug-likeness (QED) is 0.698. The third-order valence-electron chi connectivity index (χ3n) is 4.61. The van der Waals surface area contributed by atoms with Crippen LogP contribution in [0.1, 0.15) is 37.8 Å². The lowest BCUT2D eigenvalue weighted by molar-refractivity contribution is -0.149. The van der Waals surface area contributed by atoms with E-state index in [4.69, 9.17) is 0 Å². The van der Waals surface area contributed by atoms with E-state index < -0.39 is 11.4 Å². The first-order valence-corrected chi connectivity index (χ1v) is 8.06. The number of rotatable bonds is 8. The van der Waals surface area contributed by atoms with Gasteiger partial charge >= 0.3 is 5.97 Å². The summed E-state index contributed by atoms with van der Waals surface area (Å²) in [5, 5.41) is 20.0. The molecule has 0 atom stereocenters. The fourth-order valence-electron chi connectivity index (χ4n) is 2.81. The fraction of sp³-hybridized carbons (Fsp3) is 0.444. The number of carboxylic acid groups (broad SMARTS) is 1. The Morgan fingerprint density at radius 3 is 2.70 bits per heavy atom. The second-order valence-electron chi connectivity index (χ2n) is 6.04. The highest BCUT2D eigenvalue weighted by Crippen LogP contribution is 2.26. The van der Waals surface area contributed by atoms with Crippen LogP contribution in [0.5, 0.6) is 0 Å². The molecule has 0 bridgehead atoms. The first kappa shape index (κ1) is 17.2. The van der Waals surface area contributed by atoms with Gasteiger partial charge in [-0.1, -0.05) is 37.6 Å². The average molecular weight is 315 g/mol. The highest BCUT2D eigenvalue weighted by molar-refractivity contribution is 5.74. The van der Waals surface area contributed by atoms with Gasteiger partial charge in [0.25, 0.3) is 0 Å². The van der Waals surface area contributed by atoms with Crippen LogP contribution < -0.4 is 5.32 Å². The summed E-state index contributed by atoms with van der Waals surface area (Å²) in [6.07, 6.45) is 3.02. The minimum Gasteiger partial charge on any atom is -0.481 e. The summed E-state index contributed by atoms with van der Waals surface area (Å²) in [5.41, 5.74) is 3.61. The van der Waals surface area contributed by atoms with Gasteiger partial charge in [0.15, 0.2) is 0 Å². The number of benzene rings is 1. The van der Waals surface area contributed by atoms with Gasteiger partial charge in [0.05, 0.1) is 17.3 Å². The molecule has 0 amide bonds. The van der Waals surface area contributed by atoms with E-state index in [2.05, 4.69) is 34.6 Å². The summed E-state index contributed by atoms with van der Waals surface area (Å²) in [5.74, 6) is -0.735. The molecule has 5 nitrogen and oxygen atoms in total. The minimum absolute atomic E-state index is 0.452. The Bertz CT molecular complexity index is 660. The number of aliphatic carboxylic acids is 1. The highest BCUT2D eigenvalue weighted by atomic mass is 16.4. The third-order valence-corrected chi connectivity index (χ3v) is 4.61. The number of nitrogens with zero attached hydrogens (tertiary/aromatic N) is 1. The highest BCUT2D eigenvalue weighted by Gasteiger charge is 2.34. The summed E-state index contributed by atoms with van der Waals surface area (Å²) >= 11 is 0. The normalized spacial score (nSPS) is 11.6. The summed E-state index contributed by atoms with van der Waals surface area (Å²) in [6.45, 7) is 6.95. The van der Waals surface area contributed by atoms with Crippen molar-refractivity contribution in [2.75, 3.05) is 6.54 Å². The Morgan fingerprint density at radius 2 is 2.09 bits per heavy atom. The van der Waals surface area contributed by atoms with Crippen LogP contribution in [0.25, 0.3) is 11.3 Å². The van der Waals surface area contributed by atoms with E-state index in [1.54, 1.807) is 6.20 Å². The van der Waals surface area contributed by atoms with Gasteiger partial charge in [-0.05, 0) is 25.8 Å². The smallest absolute Gasteiger partial charge is 0.310 e. The zero-order chi connectivity index (χ0) is 16.9. The standard InChI is InChI=1S/C18H25N3O2/c1-4-18(5-2,17(22)23)12-19-10-15-11-20-21-16(15)14-8-6-7-13(3)9-14/h6-9,11,19H,4-5,10,12H2,1-3H3,(H,20,21)(H,22,23). The maximum absolute atomic E-state index is 11.5. The molecule has 0 fully saturated rings. The second kappa shape index (κ2) is 7.42. The second-order valence-corrected chi connectivity index (χ2v) is 6.04. The van der Waals surface area contributed by atoms with Crippen LogP contribution in [-0.2, 0) is 11.3 Å². The Balaban J connectivity index is 2.08. The van der Waals surface area contributed by atoms with E-state index in [1.807, 2.05) is 26.0 Å². The van der Waals surface area contributed by atoms with Crippen LogP contribution in [0.3, 0.4) is 0 Å². The largest absolute Gasteiger partial charge is 0.481 e. The summed E-state index contributed by atoms with van der Waals surface area (Å²) < 4.78 is 0. The van der Waals surface area contributed by atoms with Crippen LogP contribution in [0.15, 0.2) is 30.5 Å². The van der Waals surface area contributed by atoms with E-state index in [9.17, 15) is 9.90 Å². The average Bonchev–Trinajstić information content (AvgIpc) is 3.00. The van der Waals surface area contributed by atoms with Gasteiger partial charge in [-0.3, -0.25) is 9.89 Å². The Kier molecular flexibility index (Phi) is 5.55. The zero-order valence-corrected chi connectivity index (χ0v) is 14.0. The summed E-state index contributed by atoms with van der Waals surface area (Å²) in [7, 11) is 0. The number of nitrogens with one attached hydrogen (secondary N) is 2. The molecule has 0 saturated heterocycles. The summed E-state index contributed by atoms with van der Waals surface area (Å²) in [6, 6.07) is 8.23. The molecule has 0 radical (unpaired) electrons. The maximum Gasteiger partial charge on any atom is 0.310 e. The number of hydrogen-bond acceptors (Lipinski definition) is 3. The van der Waals surface area contributed by atoms with Crippen LogP contribution in [0.4, 0.5) is 0 Å². The topological polar surface area (TPSA) is 78.0 Å². The molecule has 0 aliphatic rings. The van der Waals surface area contributed by atoms with Crippen molar-refractivity contribution in [1.29, 1.82) is 0 Å². The maximum atomic E-state index is 11.5. The third kappa shape index (κ3) is 3.79. The number of carboxylic acids is 1. The molecule has 5 heteroatoms. The molecular formula is C18H25N3O2. The van der Waals surface area contributed by atoms with Crippen molar-refractivity contribution in [3.05, 3.63) is 41.6 Å². The molecule has 1 heterocycles. The van der Waals surface area contributed by atoms with E-state index >= 15 is 0 Å². The lowest BCUT2D eigenvalue weighted by Crippen LogP contribution is -2.40. The molecule has 0 unspecified atom stereocenters. The molecule has 0 saturated carbocycles. The van der Waals surface area contributed by atoms with Crippen molar-refractivity contribution in [2.45, 2.75) is 40.2 Å². The fourth-order valence-corrected chi connectivity index (χ4v) is 2.81. The van der Waals surface area contributed by atoms with E-state index in [0.717, 1.165) is 16.8 Å². The van der Waals surface area contributed by atoms with Gasteiger partial charge in [0.2, 0.25) is 0 Å². The molecule has 2 rings (SSSR count). The molecule has 0 aliphatic carbocycles. The first-order valence-electron chi connectivity index (χ1n) is 8.06. The predicted molar refractivity (Wildman–Crippen MR) is 91.1 cm³/mol. The van der Waals surface area contributed by atoms with Gasteiger partial charge in [-0.15, -0.1) is 0 Å². The molecule has 3 N–H and O–H groups in total. The number of H-pyrrole nitrogens is 1. The molecule has 0 aliphatic heterocycles. The van der Waals surface area contributed by atoms with Gasteiger partial charge < -0.3 is 10.4 Å². The van der Waals surface area contributed by atoms with Crippen molar-refractivity contribution in [1.82, 2.24) is 15.5 Å². The van der Waals surface area contributed by atoms with Crippen molar-refractivity contribution in [2.24, 2.45) is 5.41 Å². The molecule has 23 heavy (non-hydrogen) atoms. The minimum atomic E-state index is -0.735. The molecule has 124 valence electrons. The number of aromatic nitrogens is 2. The van der Waals surface area contributed by atoms with Crippen molar-refractivity contribution in [3.8, 4) is 11.3 Å². The molecular weight excluding hydrogens is 290 g/mol. The first-order chi connectivity index (χ1) is 11.0. The van der Waals surface area contributed by atoms with Gasteiger partial charge in [0, 0.05) is 24.2 Å². The van der Waals surface area contributed by atoms with Crippen LogP contribution in [0, 0.1) is 12.3 Å². The van der Waals surface area contributed by atoms with Gasteiger partial charge in [-0.2, -0.15) is 5.10 Å². The van der Waals surface area contributed by atoms with Crippen molar-refractivity contribution < 1.29 is 9.90 Å². The zero-order valence-electron chi connectivity index (χ0n) is 14.0. The van der Waals surface area contributed by atoms with Crippen molar-refractivity contribution in [3.63, 3.8) is 0 Å². The Hall–Kier alpha value is -2.14. The lowest BCUT2D eigenvalue weighted by atomic mass is 9.82. The van der Waals surface area contributed by atoms with E-state index in [0.29, 0.717) is 25.9 Å².